The molecule has 0 saturated heterocycles. The van der Waals surface area contributed by atoms with Crippen molar-refractivity contribution in [3.8, 4) is 0 Å². The summed E-state index contributed by atoms with van der Waals surface area (Å²) in [6.45, 7) is 4.61. The van der Waals surface area contributed by atoms with Crippen LogP contribution in [-0.4, -0.2) is 80.6 Å². The van der Waals surface area contributed by atoms with Gasteiger partial charge in [0, 0.05) is 19.3 Å². The van der Waals surface area contributed by atoms with Crippen LogP contribution in [0, 0.1) is 0 Å². The summed E-state index contributed by atoms with van der Waals surface area (Å²) in [7, 11) is 5.50. The molecular formula is C44H78NO7+. The Balaban J connectivity index is 4.41. The predicted molar refractivity (Wildman–Crippen MR) is 215 cm³/mol. The van der Waals surface area contributed by atoms with Gasteiger partial charge in [-0.05, 0) is 64.2 Å². The molecule has 8 heteroatoms. The van der Waals surface area contributed by atoms with Crippen LogP contribution in [0.4, 0.5) is 0 Å². The van der Waals surface area contributed by atoms with Gasteiger partial charge in [-0.25, -0.2) is 4.79 Å². The Morgan fingerprint density at radius 3 is 1.67 bits per heavy atom. The molecule has 0 amide bonds. The van der Waals surface area contributed by atoms with Crippen LogP contribution in [0.1, 0.15) is 162 Å². The number of nitrogens with zero attached hydrogens (tertiary/aromatic N) is 1. The molecule has 0 spiro atoms. The summed E-state index contributed by atoms with van der Waals surface area (Å²) >= 11 is 0. The van der Waals surface area contributed by atoms with Gasteiger partial charge in [0.15, 0.2) is 12.1 Å². The lowest BCUT2D eigenvalue weighted by molar-refractivity contribution is -0.887. The molecule has 0 saturated carbocycles. The fourth-order valence-electron chi connectivity index (χ4n) is 5.69. The largest absolute Gasteiger partial charge is 0.477 e. The van der Waals surface area contributed by atoms with Gasteiger partial charge in [-0.15, -0.1) is 0 Å². The van der Waals surface area contributed by atoms with Crippen molar-refractivity contribution in [2.75, 3.05) is 41.0 Å². The number of carbonyl (C=O) groups is 3. The Morgan fingerprint density at radius 1 is 0.596 bits per heavy atom. The third kappa shape index (κ3) is 33.1. The molecule has 0 rings (SSSR count). The van der Waals surface area contributed by atoms with Crippen LogP contribution < -0.4 is 0 Å². The van der Waals surface area contributed by atoms with Gasteiger partial charge in [0.1, 0.15) is 6.61 Å². The molecule has 1 N–H and O–H groups in total. The molecule has 0 bridgehead atoms. The maximum atomic E-state index is 12.7. The second kappa shape index (κ2) is 35.3. The first-order chi connectivity index (χ1) is 25.1. The Morgan fingerprint density at radius 2 is 1.10 bits per heavy atom. The van der Waals surface area contributed by atoms with E-state index in [2.05, 4.69) is 62.5 Å². The molecular weight excluding hydrogens is 654 g/mol. The molecule has 52 heavy (non-hydrogen) atoms. The minimum Gasteiger partial charge on any atom is -0.477 e. The van der Waals surface area contributed by atoms with Crippen LogP contribution in [0.15, 0.2) is 48.6 Å². The Kier molecular flexibility index (Phi) is 33.5. The van der Waals surface area contributed by atoms with Gasteiger partial charge in [-0.1, -0.05) is 127 Å². The molecule has 300 valence electrons. The molecule has 0 aromatic rings. The minimum absolute atomic E-state index is 0.0483. The van der Waals surface area contributed by atoms with Crippen molar-refractivity contribution in [2.24, 2.45) is 0 Å². The lowest BCUT2D eigenvalue weighted by Crippen LogP contribution is -2.50. The number of aliphatic carboxylic acids is 1. The zero-order chi connectivity index (χ0) is 38.5. The SMILES string of the molecule is CCCC/C=C/C=C/CCCCCC(=O)OCC(COCCC(C(=O)O)[N+](C)(C)C)OC(=O)CCCCCCCCC/C=C/C/C=C/CCCCC. The highest BCUT2D eigenvalue weighted by molar-refractivity contribution is 5.72. The van der Waals surface area contributed by atoms with E-state index in [1.165, 1.54) is 64.2 Å². The second-order valence-corrected chi connectivity index (χ2v) is 14.9. The molecule has 0 fully saturated rings. The highest BCUT2D eigenvalue weighted by Gasteiger charge is 2.31. The predicted octanol–water partition coefficient (Wildman–Crippen LogP) is 10.9. The van der Waals surface area contributed by atoms with Crippen molar-refractivity contribution >= 4 is 17.9 Å². The molecule has 0 aliphatic heterocycles. The van der Waals surface area contributed by atoms with Crippen LogP contribution >= 0.6 is 0 Å². The van der Waals surface area contributed by atoms with E-state index in [4.69, 9.17) is 14.2 Å². The third-order valence-corrected chi connectivity index (χ3v) is 8.98. The van der Waals surface area contributed by atoms with Crippen molar-refractivity contribution in [1.82, 2.24) is 0 Å². The Bertz CT molecular complexity index is 995. The fraction of sp³-hybridized carbons (Fsp3) is 0.750. The van der Waals surface area contributed by atoms with Crippen molar-refractivity contribution in [3.05, 3.63) is 48.6 Å². The zero-order valence-electron chi connectivity index (χ0n) is 34.0. The Hall–Kier alpha value is -2.71. The topological polar surface area (TPSA) is 99.1 Å². The van der Waals surface area contributed by atoms with Crippen LogP contribution in [-0.2, 0) is 28.6 Å². The molecule has 0 heterocycles. The summed E-state index contributed by atoms with van der Waals surface area (Å²) in [5.74, 6) is -1.52. The van der Waals surface area contributed by atoms with Crippen LogP contribution in [0.2, 0.25) is 0 Å². The highest BCUT2D eigenvalue weighted by atomic mass is 16.6. The minimum atomic E-state index is -0.882. The van der Waals surface area contributed by atoms with E-state index in [0.29, 0.717) is 19.3 Å². The van der Waals surface area contributed by atoms with Gasteiger partial charge in [0.2, 0.25) is 0 Å². The van der Waals surface area contributed by atoms with Crippen molar-refractivity contribution in [2.45, 2.75) is 174 Å². The van der Waals surface area contributed by atoms with Crippen molar-refractivity contribution in [3.63, 3.8) is 0 Å². The van der Waals surface area contributed by atoms with E-state index >= 15 is 0 Å². The van der Waals surface area contributed by atoms with E-state index in [-0.39, 0.29) is 36.2 Å². The normalized spacial score (nSPS) is 13.5. The van der Waals surface area contributed by atoms with Gasteiger partial charge in [-0.2, -0.15) is 0 Å². The fourth-order valence-corrected chi connectivity index (χ4v) is 5.69. The molecule has 0 aliphatic carbocycles. The van der Waals surface area contributed by atoms with Gasteiger partial charge >= 0.3 is 17.9 Å². The molecule has 0 aromatic heterocycles. The maximum Gasteiger partial charge on any atom is 0.362 e. The van der Waals surface area contributed by atoms with E-state index in [9.17, 15) is 19.5 Å². The van der Waals surface area contributed by atoms with E-state index in [1.54, 1.807) is 0 Å². The second-order valence-electron chi connectivity index (χ2n) is 14.9. The smallest absolute Gasteiger partial charge is 0.362 e. The number of hydrogen-bond acceptors (Lipinski definition) is 6. The number of hydrogen-bond donors (Lipinski definition) is 1. The van der Waals surface area contributed by atoms with Crippen molar-refractivity contribution < 1.29 is 38.2 Å². The summed E-state index contributed by atoms with van der Waals surface area (Å²) in [5, 5.41) is 9.59. The maximum absolute atomic E-state index is 12.7. The Labute approximate surface area is 318 Å². The number of esters is 2. The summed E-state index contributed by atoms with van der Waals surface area (Å²) in [4.78, 5) is 36.8. The number of rotatable bonds is 36. The van der Waals surface area contributed by atoms with Gasteiger partial charge in [0.25, 0.3) is 0 Å². The molecule has 0 aliphatic rings. The number of likely N-dealkylation sites (N-methyl/N-ethyl adjacent to an activating group) is 1. The van der Waals surface area contributed by atoms with Gasteiger partial charge < -0.3 is 23.8 Å². The number of unbranched alkanes of at least 4 members (excludes halogenated alkanes) is 15. The highest BCUT2D eigenvalue weighted by Crippen LogP contribution is 2.13. The van der Waals surface area contributed by atoms with Gasteiger partial charge in [-0.3, -0.25) is 9.59 Å². The van der Waals surface area contributed by atoms with E-state index in [1.807, 2.05) is 21.1 Å². The molecule has 2 unspecified atom stereocenters. The molecule has 8 nitrogen and oxygen atoms in total. The van der Waals surface area contributed by atoms with E-state index in [0.717, 1.165) is 64.2 Å². The number of ether oxygens (including phenoxy) is 3. The number of carbonyl (C=O) groups excluding carboxylic acids is 2. The summed E-state index contributed by atoms with van der Waals surface area (Å²) in [6.07, 6.45) is 40.1. The van der Waals surface area contributed by atoms with Crippen LogP contribution in [0.5, 0.6) is 0 Å². The third-order valence-electron chi connectivity index (χ3n) is 8.98. The summed E-state index contributed by atoms with van der Waals surface area (Å²) in [6, 6.07) is -0.620. The number of quaternary nitrogens is 1. The number of allylic oxidation sites excluding steroid dienone is 8. The first-order valence-electron chi connectivity index (χ1n) is 20.7. The average Bonchev–Trinajstić information content (AvgIpc) is 3.09. The molecule has 2 atom stereocenters. The summed E-state index contributed by atoms with van der Waals surface area (Å²) < 4.78 is 17.2. The monoisotopic (exact) mass is 733 g/mol. The van der Waals surface area contributed by atoms with Crippen molar-refractivity contribution in [1.29, 1.82) is 0 Å². The zero-order valence-corrected chi connectivity index (χ0v) is 34.0. The number of carboxylic acid groups (broad SMARTS) is 1. The quantitative estimate of drug-likeness (QED) is 0.0225. The van der Waals surface area contributed by atoms with Gasteiger partial charge in [0.05, 0.1) is 34.4 Å². The lowest BCUT2D eigenvalue weighted by Gasteiger charge is -2.31. The summed E-state index contributed by atoms with van der Waals surface area (Å²) in [5.41, 5.74) is 0. The molecule has 0 radical (unpaired) electrons. The van der Waals surface area contributed by atoms with E-state index < -0.39 is 18.1 Å². The van der Waals surface area contributed by atoms with Crippen LogP contribution in [0.25, 0.3) is 0 Å². The first kappa shape index (κ1) is 49.3. The lowest BCUT2D eigenvalue weighted by atomic mass is 10.1. The van der Waals surface area contributed by atoms with Crippen LogP contribution in [0.3, 0.4) is 0 Å². The number of carboxylic acids is 1. The standard InChI is InChI=1S/C44H77NO7/c1-6-8-10-12-14-16-18-19-20-21-22-23-25-27-29-31-33-35-43(47)52-40(38-50-37-36-41(44(48)49)45(3,4)5)39-51-42(46)34-32-30-28-26-24-17-15-13-11-9-7-2/h13-17,19-20,24,40-41H,6-12,18,21-23,25-39H2,1-5H3/p+1/b15-13+,16-14+,20-19+,24-17+. The average molecular weight is 733 g/mol. The first-order valence-corrected chi connectivity index (χ1v) is 20.7. The molecule has 0 aromatic carbocycles.